The number of thioether (sulfide) groups is 1. The van der Waals surface area contributed by atoms with E-state index in [1.165, 1.54) is 23.4 Å². The van der Waals surface area contributed by atoms with Crippen LogP contribution in [0.15, 0.2) is 39.0 Å². The number of aromatic nitrogens is 8. The van der Waals surface area contributed by atoms with Crippen molar-refractivity contribution in [2.45, 2.75) is 57.8 Å². The van der Waals surface area contributed by atoms with Crippen LogP contribution < -0.4 is 11.2 Å². The van der Waals surface area contributed by atoms with Crippen molar-refractivity contribution in [1.82, 2.24) is 38.9 Å². The summed E-state index contributed by atoms with van der Waals surface area (Å²) in [5.41, 5.74) is 1.03. The highest BCUT2D eigenvalue weighted by Gasteiger charge is 2.21. The van der Waals surface area contributed by atoms with Gasteiger partial charge in [0, 0.05) is 37.0 Å². The van der Waals surface area contributed by atoms with E-state index in [0.29, 0.717) is 46.8 Å². The van der Waals surface area contributed by atoms with E-state index in [1.807, 2.05) is 16.7 Å². The van der Waals surface area contributed by atoms with Crippen LogP contribution >= 0.6 is 23.4 Å². The standard InChI is InChI=1S/C24H31ClN8O2S/c1-5-7-8-16(6-2)15-32-19-21(30(3)24(35)31(4)22(19)34)26-23(32)36-14-13-33-28-20(27-29-33)17-9-11-18(25)12-10-17/h9-12,16H,5-8,13-15H2,1-4H3. The third-order valence-corrected chi connectivity index (χ3v) is 7.58. The van der Waals surface area contributed by atoms with Gasteiger partial charge in [0.15, 0.2) is 16.3 Å². The van der Waals surface area contributed by atoms with Gasteiger partial charge < -0.3 is 4.57 Å². The van der Waals surface area contributed by atoms with Crippen LogP contribution in [0.3, 0.4) is 0 Å². The fourth-order valence-corrected chi connectivity index (χ4v) is 5.19. The van der Waals surface area contributed by atoms with Gasteiger partial charge in [0.1, 0.15) is 0 Å². The number of tetrazole rings is 1. The number of rotatable bonds is 11. The second kappa shape index (κ2) is 11.4. The molecule has 0 bridgehead atoms. The van der Waals surface area contributed by atoms with Crippen LogP contribution in [0.1, 0.15) is 39.5 Å². The van der Waals surface area contributed by atoms with Gasteiger partial charge in [-0.05, 0) is 41.8 Å². The maximum atomic E-state index is 13.1. The average molecular weight is 531 g/mol. The van der Waals surface area contributed by atoms with Crippen molar-refractivity contribution in [3.05, 3.63) is 50.1 Å². The summed E-state index contributed by atoms with van der Waals surface area (Å²) in [6, 6.07) is 7.29. The maximum Gasteiger partial charge on any atom is 0.332 e. The Labute approximate surface area is 218 Å². The van der Waals surface area contributed by atoms with Gasteiger partial charge in [0.05, 0.1) is 6.54 Å². The lowest BCUT2D eigenvalue weighted by atomic mass is 9.99. The predicted molar refractivity (Wildman–Crippen MR) is 143 cm³/mol. The average Bonchev–Trinajstić information content (AvgIpc) is 3.49. The molecule has 1 atom stereocenters. The van der Waals surface area contributed by atoms with Crippen LogP contribution in [-0.4, -0.2) is 44.6 Å². The Hall–Kier alpha value is -2.92. The van der Waals surface area contributed by atoms with Crippen molar-refractivity contribution >= 4 is 34.5 Å². The fraction of sp³-hybridized carbons (Fsp3) is 0.500. The summed E-state index contributed by atoms with van der Waals surface area (Å²) in [4.78, 5) is 31.9. The first-order valence-corrected chi connectivity index (χ1v) is 13.5. The number of nitrogens with zero attached hydrogens (tertiary/aromatic N) is 8. The highest BCUT2D eigenvalue weighted by molar-refractivity contribution is 7.99. The van der Waals surface area contributed by atoms with Gasteiger partial charge in [0.2, 0.25) is 5.82 Å². The topological polar surface area (TPSA) is 105 Å². The highest BCUT2D eigenvalue weighted by Crippen LogP contribution is 2.25. The summed E-state index contributed by atoms with van der Waals surface area (Å²) in [5.74, 6) is 1.58. The molecule has 0 aliphatic heterocycles. The van der Waals surface area contributed by atoms with E-state index in [4.69, 9.17) is 16.6 Å². The molecule has 36 heavy (non-hydrogen) atoms. The molecule has 1 unspecified atom stereocenters. The molecule has 10 nitrogen and oxygen atoms in total. The van der Waals surface area contributed by atoms with Crippen molar-refractivity contribution in [3.8, 4) is 11.4 Å². The normalized spacial score (nSPS) is 12.5. The van der Waals surface area contributed by atoms with Gasteiger partial charge in [-0.3, -0.25) is 13.9 Å². The molecule has 0 saturated heterocycles. The Morgan fingerprint density at radius 1 is 1.08 bits per heavy atom. The minimum Gasteiger partial charge on any atom is -0.313 e. The van der Waals surface area contributed by atoms with Crippen LogP contribution in [0.25, 0.3) is 22.6 Å². The number of unbranched alkanes of at least 4 members (excludes halogenated alkanes) is 1. The van der Waals surface area contributed by atoms with Gasteiger partial charge in [-0.25, -0.2) is 9.78 Å². The second-order valence-corrected chi connectivity index (χ2v) is 10.4. The number of hydrogen-bond acceptors (Lipinski definition) is 7. The van der Waals surface area contributed by atoms with Crippen molar-refractivity contribution in [2.24, 2.45) is 20.0 Å². The van der Waals surface area contributed by atoms with Gasteiger partial charge in [0.25, 0.3) is 5.56 Å². The molecule has 4 rings (SSSR count). The molecule has 4 aromatic rings. The number of benzene rings is 1. The van der Waals surface area contributed by atoms with E-state index < -0.39 is 0 Å². The molecule has 0 fully saturated rings. The third-order valence-electron chi connectivity index (χ3n) is 6.37. The second-order valence-electron chi connectivity index (χ2n) is 8.86. The van der Waals surface area contributed by atoms with Gasteiger partial charge in [-0.1, -0.05) is 56.5 Å². The molecule has 1 aromatic carbocycles. The molecular formula is C24H31ClN8O2S. The zero-order chi connectivity index (χ0) is 25.8. The van der Waals surface area contributed by atoms with Crippen LogP contribution in [-0.2, 0) is 27.2 Å². The number of hydrogen-bond donors (Lipinski definition) is 0. The molecule has 0 amide bonds. The molecule has 0 radical (unpaired) electrons. The van der Waals surface area contributed by atoms with E-state index in [2.05, 4.69) is 29.3 Å². The lowest BCUT2D eigenvalue weighted by Gasteiger charge is -2.17. The first-order chi connectivity index (χ1) is 17.3. The van der Waals surface area contributed by atoms with Crippen LogP contribution in [0.4, 0.5) is 0 Å². The minimum absolute atomic E-state index is 0.316. The zero-order valence-electron chi connectivity index (χ0n) is 21.0. The summed E-state index contributed by atoms with van der Waals surface area (Å²) < 4.78 is 4.60. The number of imidazole rings is 1. The third kappa shape index (κ3) is 5.41. The van der Waals surface area contributed by atoms with E-state index in [1.54, 1.807) is 24.0 Å². The quantitative estimate of drug-likeness (QED) is 0.272. The Morgan fingerprint density at radius 2 is 1.83 bits per heavy atom. The largest absolute Gasteiger partial charge is 0.332 e. The van der Waals surface area contributed by atoms with Crippen molar-refractivity contribution in [1.29, 1.82) is 0 Å². The molecule has 12 heteroatoms. The molecule has 0 saturated carbocycles. The molecule has 0 N–H and O–H groups in total. The number of halogens is 1. The maximum absolute atomic E-state index is 13.1. The van der Waals surface area contributed by atoms with Crippen LogP contribution in [0, 0.1) is 5.92 Å². The SMILES string of the molecule is CCCCC(CC)Cn1c(SCCn2nnc(-c3ccc(Cl)cc3)n2)nc2c1c(=O)n(C)c(=O)n2C. The number of aryl methyl sites for hydroxylation is 2. The molecule has 0 spiro atoms. The monoisotopic (exact) mass is 530 g/mol. The van der Waals surface area contributed by atoms with Gasteiger partial charge in [-0.15, -0.1) is 10.2 Å². The molecular weight excluding hydrogens is 500 g/mol. The Bertz CT molecular complexity index is 1450. The predicted octanol–water partition coefficient (Wildman–Crippen LogP) is 3.75. The smallest absolute Gasteiger partial charge is 0.313 e. The molecule has 3 heterocycles. The Morgan fingerprint density at radius 3 is 2.53 bits per heavy atom. The van der Waals surface area contributed by atoms with Crippen LogP contribution in [0.5, 0.6) is 0 Å². The summed E-state index contributed by atoms with van der Waals surface area (Å²) in [5, 5.41) is 14.1. The Kier molecular flexibility index (Phi) is 8.30. The van der Waals surface area contributed by atoms with Crippen molar-refractivity contribution in [3.63, 3.8) is 0 Å². The summed E-state index contributed by atoms with van der Waals surface area (Å²) in [6.45, 7) is 5.56. The van der Waals surface area contributed by atoms with E-state index >= 15 is 0 Å². The first kappa shape index (κ1) is 26.2. The summed E-state index contributed by atoms with van der Waals surface area (Å²) in [6.07, 6.45) is 4.35. The lowest BCUT2D eigenvalue weighted by Crippen LogP contribution is -2.37. The Balaban J connectivity index is 1.59. The molecule has 3 aromatic heterocycles. The first-order valence-electron chi connectivity index (χ1n) is 12.2. The van der Waals surface area contributed by atoms with Crippen molar-refractivity contribution < 1.29 is 0 Å². The fourth-order valence-electron chi connectivity index (χ4n) is 4.15. The molecule has 0 aliphatic rings. The molecule has 0 aliphatic carbocycles. The summed E-state index contributed by atoms with van der Waals surface area (Å²) >= 11 is 7.49. The summed E-state index contributed by atoms with van der Waals surface area (Å²) in [7, 11) is 3.17. The van der Waals surface area contributed by atoms with Gasteiger partial charge in [-0.2, -0.15) is 4.80 Å². The minimum atomic E-state index is -0.381. The van der Waals surface area contributed by atoms with E-state index in [9.17, 15) is 9.59 Å². The van der Waals surface area contributed by atoms with E-state index in [0.717, 1.165) is 41.0 Å². The molecule has 192 valence electrons. The van der Waals surface area contributed by atoms with E-state index in [-0.39, 0.29) is 11.2 Å². The van der Waals surface area contributed by atoms with Gasteiger partial charge >= 0.3 is 5.69 Å². The zero-order valence-corrected chi connectivity index (χ0v) is 22.6. The van der Waals surface area contributed by atoms with Crippen LogP contribution in [0.2, 0.25) is 5.02 Å². The lowest BCUT2D eigenvalue weighted by molar-refractivity contribution is 0.382. The number of fused-ring (bicyclic) bond motifs is 1. The highest BCUT2D eigenvalue weighted by atomic mass is 35.5. The van der Waals surface area contributed by atoms with Crippen molar-refractivity contribution in [2.75, 3.05) is 5.75 Å².